The molecule has 5 aliphatic heterocycles. The summed E-state index contributed by atoms with van der Waals surface area (Å²) in [6, 6.07) is 15.0. The van der Waals surface area contributed by atoms with E-state index < -0.39 is 41.3 Å². The molecular weight excluding hydrogens is 1070 g/mol. The van der Waals surface area contributed by atoms with Crippen molar-refractivity contribution in [2.24, 2.45) is 5.92 Å². The number of likely N-dealkylation sites (tertiary alicyclic amines) is 1. The lowest BCUT2D eigenvalue weighted by Crippen LogP contribution is -2.54. The molecule has 84 heavy (non-hydrogen) atoms. The van der Waals surface area contributed by atoms with Crippen molar-refractivity contribution in [1.29, 1.82) is 0 Å². The summed E-state index contributed by atoms with van der Waals surface area (Å²) in [4.78, 5) is 97.0. The lowest BCUT2D eigenvalue weighted by Gasteiger charge is -2.37. The van der Waals surface area contributed by atoms with E-state index in [-0.39, 0.29) is 70.6 Å². The summed E-state index contributed by atoms with van der Waals surface area (Å²) < 4.78 is 34.2. The van der Waals surface area contributed by atoms with Gasteiger partial charge < -0.3 is 25.0 Å². The third-order valence-corrected chi connectivity index (χ3v) is 16.6. The van der Waals surface area contributed by atoms with Gasteiger partial charge in [-0.25, -0.2) is 33.7 Å². The van der Waals surface area contributed by atoms with Crippen LogP contribution in [0.3, 0.4) is 0 Å². The second kappa shape index (κ2) is 23.7. The fourth-order valence-electron chi connectivity index (χ4n) is 12.2. The number of amides is 5. The monoisotopic (exact) mass is 1140 g/mol. The van der Waals surface area contributed by atoms with E-state index in [1.165, 1.54) is 6.07 Å². The zero-order valence-corrected chi connectivity index (χ0v) is 47.0. The molecule has 2 aromatic carbocycles. The molecule has 23 heteroatoms. The van der Waals surface area contributed by atoms with Gasteiger partial charge >= 0.3 is 0 Å². The third kappa shape index (κ3) is 11.5. The smallest absolute Gasteiger partial charge is 0.264 e. The molecule has 1 unspecified atom stereocenters. The quantitative estimate of drug-likeness (QED) is 0.0765. The van der Waals surface area contributed by atoms with Crippen LogP contribution in [0.5, 0.6) is 0 Å². The SMILES string of the molecule is Cc1nc2c(F)cc(-c3nc(Nc4ccc(CN5CCN(CC#Cc6ccc(N7CCC(C(=O)N8CCC(n9cc(CNc%10cccc%11c%10C(=O)N(C%10CCC(=O)NC%10=O)C%11=O)cn9)CC8)CC7)nc6)CC5)cn4)ncc3F)cc2n1C(C)C. The summed E-state index contributed by atoms with van der Waals surface area (Å²) in [5, 5.41) is 13.2. The fourth-order valence-corrected chi connectivity index (χ4v) is 12.2. The third-order valence-electron chi connectivity index (χ3n) is 16.6. The molecule has 1 atom stereocenters. The standard InChI is InChI=1S/C61H64F2N16O5/c1-37(2)78-38(3)69-56-46(62)28-43(29-50(56)78)55-47(63)34-67-61(72-55)70-51-12-9-40(31-65-51)35-74-26-24-73(25-27-74)19-5-6-39-10-13-52(66-30-39)75-20-15-42(16-21-75)58(82)76-22-17-44(18-23-76)77-36-41(33-68-77)32-64-48-8-4-7-45-54(48)60(84)79(59(45)83)49-11-14-53(80)71-57(49)81/h4,7-10,12-13,28-31,33-34,36-37,42,44,49,64H,11,14-27,32,35H2,1-3H3,(H,71,80,81)(H,65,67,70,72). The highest BCUT2D eigenvalue weighted by Crippen LogP contribution is 2.35. The van der Waals surface area contributed by atoms with E-state index in [9.17, 15) is 24.0 Å². The van der Waals surface area contributed by atoms with E-state index in [0.717, 1.165) is 105 Å². The Morgan fingerprint density at radius 2 is 1.60 bits per heavy atom. The zero-order valence-electron chi connectivity index (χ0n) is 47.0. The van der Waals surface area contributed by atoms with Crippen LogP contribution in [0.2, 0.25) is 0 Å². The molecule has 4 fully saturated rings. The van der Waals surface area contributed by atoms with Crippen LogP contribution in [0.1, 0.15) is 108 Å². The van der Waals surface area contributed by atoms with E-state index in [2.05, 4.69) is 67.5 Å². The van der Waals surface area contributed by atoms with E-state index in [4.69, 9.17) is 4.98 Å². The number of piperazine rings is 1. The average Bonchev–Trinajstić information content (AvgIpc) is 4.42. The first-order chi connectivity index (χ1) is 40.7. The number of anilines is 4. The van der Waals surface area contributed by atoms with Crippen LogP contribution in [0.15, 0.2) is 85.6 Å². The average molecular weight is 1140 g/mol. The number of rotatable bonds is 14. The van der Waals surface area contributed by atoms with E-state index >= 15 is 8.78 Å². The Balaban J connectivity index is 0.549. The molecule has 10 heterocycles. The molecule has 0 saturated carbocycles. The molecule has 5 amide bonds. The van der Waals surface area contributed by atoms with Crippen molar-refractivity contribution in [3.05, 3.63) is 131 Å². The van der Waals surface area contributed by atoms with Gasteiger partial charge in [-0.3, -0.25) is 48.7 Å². The predicted molar refractivity (Wildman–Crippen MR) is 309 cm³/mol. The Morgan fingerprint density at radius 1 is 0.798 bits per heavy atom. The van der Waals surface area contributed by atoms with Gasteiger partial charge in [-0.1, -0.05) is 24.0 Å². The molecule has 0 aliphatic carbocycles. The maximum atomic E-state index is 15.2. The summed E-state index contributed by atoms with van der Waals surface area (Å²) in [5.41, 5.74) is 4.77. The summed E-state index contributed by atoms with van der Waals surface area (Å²) in [7, 11) is 0. The number of carbonyl (C=O) groups excluding carboxylic acids is 5. The number of hydrogen-bond acceptors (Lipinski definition) is 16. The summed E-state index contributed by atoms with van der Waals surface area (Å²) in [6.07, 6.45) is 11.7. The van der Waals surface area contributed by atoms with Crippen molar-refractivity contribution in [3.63, 3.8) is 0 Å². The maximum absolute atomic E-state index is 15.2. The Morgan fingerprint density at radius 3 is 2.33 bits per heavy atom. The fraction of sp³-hybridized carbons (Fsp3) is 0.393. The van der Waals surface area contributed by atoms with Gasteiger partial charge in [0.05, 0.1) is 41.6 Å². The minimum Gasteiger partial charge on any atom is -0.380 e. The number of nitrogens with one attached hydrogen (secondary N) is 3. The highest BCUT2D eigenvalue weighted by atomic mass is 19.1. The molecule has 0 radical (unpaired) electrons. The molecule has 0 spiro atoms. The second-order valence-corrected chi connectivity index (χ2v) is 22.4. The van der Waals surface area contributed by atoms with Crippen LogP contribution in [-0.4, -0.2) is 153 Å². The van der Waals surface area contributed by atoms with Gasteiger partial charge in [0.1, 0.15) is 34.7 Å². The van der Waals surface area contributed by atoms with Crippen LogP contribution in [0, 0.1) is 36.3 Å². The number of benzene rings is 2. The first kappa shape index (κ1) is 55.5. The number of piperidine rings is 3. The number of imidazole rings is 1. The number of carbonyl (C=O) groups is 5. The van der Waals surface area contributed by atoms with Gasteiger partial charge in [0.25, 0.3) is 11.8 Å². The summed E-state index contributed by atoms with van der Waals surface area (Å²) >= 11 is 0. The molecular formula is C61H64F2N16O5. The number of nitrogens with zero attached hydrogens (tertiary/aromatic N) is 13. The highest BCUT2D eigenvalue weighted by Gasteiger charge is 2.46. The van der Waals surface area contributed by atoms with Crippen molar-refractivity contribution in [2.75, 3.05) is 74.4 Å². The largest absolute Gasteiger partial charge is 0.380 e. The number of aryl methyl sites for hydroxylation is 1. The zero-order chi connectivity index (χ0) is 58.2. The van der Waals surface area contributed by atoms with Crippen molar-refractivity contribution >= 4 is 63.8 Å². The lowest BCUT2D eigenvalue weighted by molar-refractivity contribution is -0.138. The minimum atomic E-state index is -1.04. The molecule has 4 saturated heterocycles. The Labute approximate surface area is 483 Å². The molecule has 3 N–H and O–H groups in total. The molecule has 21 nitrogen and oxygen atoms in total. The van der Waals surface area contributed by atoms with Gasteiger partial charge in [0, 0.05) is 125 Å². The summed E-state index contributed by atoms with van der Waals surface area (Å²) in [5.74, 6) is 5.60. The van der Waals surface area contributed by atoms with Crippen molar-refractivity contribution in [3.8, 4) is 23.1 Å². The van der Waals surface area contributed by atoms with Crippen molar-refractivity contribution in [1.82, 2.24) is 64.2 Å². The van der Waals surface area contributed by atoms with Gasteiger partial charge in [0.2, 0.25) is 23.7 Å². The Hall–Kier alpha value is -9.01. The number of hydrogen-bond donors (Lipinski definition) is 3. The van der Waals surface area contributed by atoms with E-state index in [1.54, 1.807) is 36.7 Å². The second-order valence-electron chi connectivity index (χ2n) is 22.4. The Bertz CT molecular complexity index is 3740. The molecule has 432 valence electrons. The van der Waals surface area contributed by atoms with E-state index in [1.807, 2.05) is 71.6 Å². The van der Waals surface area contributed by atoms with Crippen molar-refractivity contribution < 1.29 is 32.8 Å². The normalized spacial score (nSPS) is 18.4. The molecule has 12 rings (SSSR count). The number of aromatic nitrogens is 8. The number of fused-ring (bicyclic) bond motifs is 2. The Kier molecular flexibility index (Phi) is 15.7. The van der Waals surface area contributed by atoms with E-state index in [0.29, 0.717) is 49.0 Å². The topological polar surface area (TPSA) is 225 Å². The molecule has 5 aliphatic rings. The summed E-state index contributed by atoms with van der Waals surface area (Å²) in [6.45, 7) is 13.9. The van der Waals surface area contributed by atoms with Crippen LogP contribution >= 0.6 is 0 Å². The van der Waals surface area contributed by atoms with Crippen LogP contribution in [0.4, 0.5) is 32.1 Å². The first-order valence-corrected chi connectivity index (χ1v) is 28.7. The van der Waals surface area contributed by atoms with Crippen molar-refractivity contribution in [2.45, 2.75) is 90.5 Å². The number of pyridine rings is 2. The number of halogens is 2. The van der Waals surface area contributed by atoms with Gasteiger partial charge in [-0.05, 0) is 101 Å². The lowest BCUT2D eigenvalue weighted by atomic mass is 9.93. The van der Waals surface area contributed by atoms with Gasteiger partial charge in [-0.15, -0.1) is 0 Å². The van der Waals surface area contributed by atoms with Crippen LogP contribution < -0.4 is 20.9 Å². The van der Waals surface area contributed by atoms with Gasteiger partial charge in [-0.2, -0.15) is 5.10 Å². The maximum Gasteiger partial charge on any atom is 0.264 e. The van der Waals surface area contributed by atoms with Crippen LogP contribution in [0.25, 0.3) is 22.3 Å². The van der Waals surface area contributed by atoms with Crippen LogP contribution in [-0.2, 0) is 27.5 Å². The molecule has 7 aromatic rings. The predicted octanol–water partition coefficient (Wildman–Crippen LogP) is 6.65. The minimum absolute atomic E-state index is 0.0259. The first-order valence-electron chi connectivity index (χ1n) is 28.7. The molecule has 0 bridgehead atoms. The highest BCUT2D eigenvalue weighted by molar-refractivity contribution is 6.25. The molecule has 5 aromatic heterocycles. The van der Waals surface area contributed by atoms with Gasteiger partial charge in [0.15, 0.2) is 11.6 Å². The number of imide groups is 2.